The van der Waals surface area contributed by atoms with Crippen LogP contribution in [0.15, 0.2) is 12.2 Å². The summed E-state index contributed by atoms with van der Waals surface area (Å²) in [4.78, 5) is 21.4. The lowest BCUT2D eigenvalue weighted by atomic mass is 10.1. The summed E-state index contributed by atoms with van der Waals surface area (Å²) in [6.45, 7) is 0. The van der Waals surface area contributed by atoms with E-state index in [2.05, 4.69) is 9.47 Å². The lowest BCUT2D eigenvalue weighted by Crippen LogP contribution is -1.99. The van der Waals surface area contributed by atoms with Gasteiger partial charge in [-0.1, -0.05) is 12.5 Å². The summed E-state index contributed by atoms with van der Waals surface area (Å²) in [5.74, 6) is -0.496. The first-order chi connectivity index (χ1) is 7.20. The van der Waals surface area contributed by atoms with Gasteiger partial charge in [-0.05, 0) is 19.3 Å². The lowest BCUT2D eigenvalue weighted by molar-refractivity contribution is -0.140. The Labute approximate surface area is 90.2 Å². The summed E-state index contributed by atoms with van der Waals surface area (Å²) in [5, 5.41) is 0. The number of hydrogen-bond donors (Lipinski definition) is 0. The molecule has 0 aliphatic rings. The third-order valence-electron chi connectivity index (χ3n) is 1.93. The van der Waals surface area contributed by atoms with Crippen LogP contribution in [-0.2, 0) is 19.1 Å². The van der Waals surface area contributed by atoms with Crippen molar-refractivity contribution in [2.75, 3.05) is 14.2 Å². The first kappa shape index (κ1) is 13.7. The molecule has 0 heterocycles. The molecule has 0 atom stereocenters. The van der Waals surface area contributed by atoms with Crippen LogP contribution in [-0.4, -0.2) is 26.2 Å². The molecule has 0 amide bonds. The molecular formula is C11H18O4. The highest BCUT2D eigenvalue weighted by molar-refractivity contribution is 5.81. The summed E-state index contributed by atoms with van der Waals surface area (Å²) < 4.78 is 8.95. The number of ether oxygens (including phenoxy) is 2. The summed E-state index contributed by atoms with van der Waals surface area (Å²) in [6, 6.07) is 0. The average molecular weight is 214 g/mol. The molecule has 86 valence electrons. The second kappa shape index (κ2) is 9.24. The zero-order valence-electron chi connectivity index (χ0n) is 9.32. The second-order valence-corrected chi connectivity index (χ2v) is 3.10. The van der Waals surface area contributed by atoms with Crippen LogP contribution in [0.4, 0.5) is 0 Å². The Morgan fingerprint density at radius 3 is 2.40 bits per heavy atom. The summed E-state index contributed by atoms with van der Waals surface area (Å²) in [7, 11) is 2.74. The topological polar surface area (TPSA) is 52.6 Å². The van der Waals surface area contributed by atoms with Crippen LogP contribution in [0.5, 0.6) is 0 Å². The van der Waals surface area contributed by atoms with Gasteiger partial charge in [0.25, 0.3) is 0 Å². The van der Waals surface area contributed by atoms with Gasteiger partial charge in [0, 0.05) is 12.5 Å². The van der Waals surface area contributed by atoms with Crippen LogP contribution in [0.2, 0.25) is 0 Å². The molecular weight excluding hydrogens is 196 g/mol. The third kappa shape index (κ3) is 9.00. The summed E-state index contributed by atoms with van der Waals surface area (Å²) in [5.41, 5.74) is 0. The molecule has 4 nitrogen and oxygen atoms in total. The highest BCUT2D eigenvalue weighted by Gasteiger charge is 1.98. The molecule has 4 heteroatoms. The number of unbranched alkanes of at least 4 members (excludes halogenated alkanes) is 3. The van der Waals surface area contributed by atoms with E-state index in [9.17, 15) is 9.59 Å². The molecule has 0 bridgehead atoms. The number of methoxy groups -OCH3 is 2. The van der Waals surface area contributed by atoms with E-state index in [0.717, 1.165) is 25.7 Å². The van der Waals surface area contributed by atoms with Crippen LogP contribution in [0.1, 0.15) is 32.1 Å². The highest BCUT2D eigenvalue weighted by atomic mass is 16.5. The van der Waals surface area contributed by atoms with Crippen LogP contribution < -0.4 is 0 Å². The number of carbonyl (C=O) groups is 2. The Morgan fingerprint density at radius 2 is 1.80 bits per heavy atom. The van der Waals surface area contributed by atoms with E-state index in [0.29, 0.717) is 6.42 Å². The number of esters is 2. The first-order valence-electron chi connectivity index (χ1n) is 5.02. The molecule has 0 unspecified atom stereocenters. The number of carbonyl (C=O) groups excluding carboxylic acids is 2. The van der Waals surface area contributed by atoms with Gasteiger partial charge in [0.05, 0.1) is 14.2 Å². The minimum Gasteiger partial charge on any atom is -0.469 e. The predicted molar refractivity (Wildman–Crippen MR) is 56.3 cm³/mol. The Bertz CT molecular complexity index is 221. The second-order valence-electron chi connectivity index (χ2n) is 3.10. The van der Waals surface area contributed by atoms with Gasteiger partial charge in [0.15, 0.2) is 0 Å². The molecule has 0 aromatic heterocycles. The van der Waals surface area contributed by atoms with Crippen LogP contribution in [0, 0.1) is 0 Å². The van der Waals surface area contributed by atoms with Crippen molar-refractivity contribution in [3.05, 3.63) is 12.2 Å². The van der Waals surface area contributed by atoms with Gasteiger partial charge in [-0.2, -0.15) is 0 Å². The SMILES string of the molecule is COC(=O)/C=C\CCCCCC(=O)OC. The molecule has 0 saturated carbocycles. The van der Waals surface area contributed by atoms with E-state index in [1.807, 2.05) is 0 Å². The van der Waals surface area contributed by atoms with Gasteiger partial charge in [-0.25, -0.2) is 4.79 Å². The minimum atomic E-state index is -0.329. The van der Waals surface area contributed by atoms with Gasteiger partial charge in [-0.3, -0.25) is 4.79 Å². The van der Waals surface area contributed by atoms with Crippen molar-refractivity contribution in [2.24, 2.45) is 0 Å². The smallest absolute Gasteiger partial charge is 0.330 e. The van der Waals surface area contributed by atoms with Gasteiger partial charge < -0.3 is 9.47 Å². The van der Waals surface area contributed by atoms with Gasteiger partial charge in [-0.15, -0.1) is 0 Å². The predicted octanol–water partition coefficient (Wildman–Crippen LogP) is 1.84. The zero-order valence-corrected chi connectivity index (χ0v) is 9.32. The monoisotopic (exact) mass is 214 g/mol. The first-order valence-corrected chi connectivity index (χ1v) is 5.02. The highest BCUT2D eigenvalue weighted by Crippen LogP contribution is 2.04. The molecule has 15 heavy (non-hydrogen) atoms. The molecule has 0 aromatic carbocycles. The van der Waals surface area contributed by atoms with E-state index in [-0.39, 0.29) is 11.9 Å². The van der Waals surface area contributed by atoms with Gasteiger partial charge in [0.2, 0.25) is 0 Å². The maximum absolute atomic E-state index is 10.7. The lowest BCUT2D eigenvalue weighted by Gasteiger charge is -1.98. The number of allylic oxidation sites excluding steroid dienone is 1. The van der Waals surface area contributed by atoms with Crippen LogP contribution in [0.3, 0.4) is 0 Å². The van der Waals surface area contributed by atoms with E-state index >= 15 is 0 Å². The van der Waals surface area contributed by atoms with Gasteiger partial charge >= 0.3 is 11.9 Å². The van der Waals surface area contributed by atoms with E-state index in [1.54, 1.807) is 6.08 Å². The van der Waals surface area contributed by atoms with Crippen molar-refractivity contribution < 1.29 is 19.1 Å². The van der Waals surface area contributed by atoms with Crippen LogP contribution >= 0.6 is 0 Å². The number of hydrogen-bond acceptors (Lipinski definition) is 4. The zero-order chi connectivity index (χ0) is 11.5. The van der Waals surface area contributed by atoms with Crippen LogP contribution in [0.25, 0.3) is 0 Å². The molecule has 0 rings (SSSR count). The fraction of sp³-hybridized carbons (Fsp3) is 0.636. The summed E-state index contributed by atoms with van der Waals surface area (Å²) >= 11 is 0. The molecule has 0 aliphatic heterocycles. The fourth-order valence-electron chi connectivity index (χ4n) is 1.06. The van der Waals surface area contributed by atoms with E-state index in [4.69, 9.17) is 0 Å². The van der Waals surface area contributed by atoms with E-state index in [1.165, 1.54) is 20.3 Å². The Kier molecular flexibility index (Phi) is 8.43. The largest absolute Gasteiger partial charge is 0.469 e. The molecule has 0 saturated heterocycles. The minimum absolute atomic E-state index is 0.167. The Hall–Kier alpha value is -1.32. The maximum atomic E-state index is 10.7. The standard InChI is InChI=1S/C11H18O4/c1-14-10(12)8-6-4-3-5-7-9-11(13)15-2/h6,8H,3-5,7,9H2,1-2H3/b8-6-. The Morgan fingerprint density at radius 1 is 1.07 bits per heavy atom. The summed E-state index contributed by atoms with van der Waals surface area (Å²) in [6.07, 6.45) is 7.25. The van der Waals surface area contributed by atoms with Crippen molar-refractivity contribution in [1.29, 1.82) is 0 Å². The fourth-order valence-corrected chi connectivity index (χ4v) is 1.06. The van der Waals surface area contributed by atoms with Crippen molar-refractivity contribution >= 4 is 11.9 Å². The van der Waals surface area contributed by atoms with Crippen molar-refractivity contribution in [2.45, 2.75) is 32.1 Å². The third-order valence-corrected chi connectivity index (χ3v) is 1.93. The number of rotatable bonds is 7. The maximum Gasteiger partial charge on any atom is 0.330 e. The molecule has 0 N–H and O–H groups in total. The Balaban J connectivity index is 3.28. The van der Waals surface area contributed by atoms with Crippen molar-refractivity contribution in [3.63, 3.8) is 0 Å². The van der Waals surface area contributed by atoms with Crippen molar-refractivity contribution in [3.8, 4) is 0 Å². The molecule has 0 radical (unpaired) electrons. The average Bonchev–Trinajstić information content (AvgIpc) is 2.26. The molecule has 0 aliphatic carbocycles. The molecule has 0 spiro atoms. The molecule has 0 aromatic rings. The van der Waals surface area contributed by atoms with Gasteiger partial charge in [0.1, 0.15) is 0 Å². The molecule has 0 fully saturated rings. The van der Waals surface area contributed by atoms with E-state index < -0.39 is 0 Å². The normalized spacial score (nSPS) is 10.3. The quantitative estimate of drug-likeness (QED) is 0.368. The van der Waals surface area contributed by atoms with Crippen molar-refractivity contribution in [1.82, 2.24) is 0 Å².